The highest BCUT2D eigenvalue weighted by Gasteiger charge is 2.38. The number of aliphatic hydroxyl groups is 1. The molecule has 1 aliphatic carbocycles. The van der Waals surface area contributed by atoms with Crippen molar-refractivity contribution in [2.24, 2.45) is 0 Å². The molecule has 1 heterocycles. The number of carbonyl (C=O) groups is 1. The van der Waals surface area contributed by atoms with Crippen LogP contribution in [-0.4, -0.2) is 39.3 Å². The van der Waals surface area contributed by atoms with Gasteiger partial charge in [0.15, 0.2) is 0 Å². The van der Waals surface area contributed by atoms with Crippen LogP contribution in [0.5, 0.6) is 0 Å². The Morgan fingerprint density at radius 3 is 2.77 bits per heavy atom. The van der Waals surface area contributed by atoms with Crippen LogP contribution >= 0.6 is 23.2 Å². The minimum absolute atomic E-state index is 0.266. The third kappa shape index (κ3) is 2.49. The summed E-state index contributed by atoms with van der Waals surface area (Å²) in [6, 6.07) is 4.58. The number of aromatic amines is 1. The van der Waals surface area contributed by atoms with Crippen LogP contribution in [0.4, 0.5) is 0 Å². The van der Waals surface area contributed by atoms with E-state index in [1.807, 2.05) is 6.92 Å². The van der Waals surface area contributed by atoms with Crippen LogP contribution in [0.2, 0.25) is 10.0 Å². The number of nitrogens with one attached hydrogen (secondary N) is 1. The second-order valence-corrected chi connectivity index (χ2v) is 6.37. The second kappa shape index (κ2) is 5.57. The van der Waals surface area contributed by atoms with Crippen molar-refractivity contribution in [1.82, 2.24) is 15.1 Å². The summed E-state index contributed by atoms with van der Waals surface area (Å²) >= 11 is 12.3. The van der Waals surface area contributed by atoms with Crippen molar-refractivity contribution >= 4 is 29.1 Å². The summed E-state index contributed by atoms with van der Waals surface area (Å²) in [5.41, 5.74) is 2.73. The lowest BCUT2D eigenvalue weighted by Crippen LogP contribution is -2.36. The standard InChI is InChI=1S/C15H15Cl2N3O2/c1-7-3-12(19-18-7)15(22)20(2)14-10-4-8(16)5-11(17)9(10)6-13(14)21/h3-5,13-14,21H,6H2,1-2H3,(H,18,19)/t13-,14-/m1/s1. The number of likely N-dealkylation sites (N-methyl/N-ethyl adjacent to an activating group) is 1. The highest BCUT2D eigenvalue weighted by Crippen LogP contribution is 2.41. The number of carbonyl (C=O) groups excluding carboxylic acids is 1. The Labute approximate surface area is 137 Å². The fourth-order valence-corrected chi connectivity index (χ4v) is 3.52. The molecule has 0 spiro atoms. The maximum absolute atomic E-state index is 12.5. The lowest BCUT2D eigenvalue weighted by Gasteiger charge is -2.27. The van der Waals surface area contributed by atoms with Crippen molar-refractivity contribution in [2.45, 2.75) is 25.5 Å². The van der Waals surface area contributed by atoms with Gasteiger partial charge in [0.05, 0.1) is 12.1 Å². The fourth-order valence-electron chi connectivity index (χ4n) is 2.93. The SMILES string of the molecule is Cc1cc(C(=O)N(C)[C@@H]2c3cc(Cl)cc(Cl)c3C[C@H]2O)n[nH]1. The van der Waals surface area contributed by atoms with Crippen molar-refractivity contribution in [2.75, 3.05) is 7.05 Å². The Bertz CT molecular complexity index is 744. The maximum atomic E-state index is 12.5. The van der Waals surface area contributed by atoms with Crippen LogP contribution in [-0.2, 0) is 6.42 Å². The normalized spacial score (nSPS) is 20.0. The predicted octanol–water partition coefficient (Wildman–Crippen LogP) is 2.76. The first-order valence-electron chi connectivity index (χ1n) is 6.83. The molecule has 0 radical (unpaired) electrons. The molecule has 0 aliphatic heterocycles. The van der Waals surface area contributed by atoms with Crippen LogP contribution in [0.3, 0.4) is 0 Å². The van der Waals surface area contributed by atoms with Gasteiger partial charge in [-0.3, -0.25) is 9.89 Å². The minimum atomic E-state index is -0.722. The molecule has 116 valence electrons. The molecule has 2 N–H and O–H groups in total. The number of rotatable bonds is 2. The molecule has 0 unspecified atom stereocenters. The van der Waals surface area contributed by atoms with Crippen molar-refractivity contribution in [1.29, 1.82) is 0 Å². The molecule has 0 saturated carbocycles. The van der Waals surface area contributed by atoms with Gasteiger partial charge in [0.1, 0.15) is 5.69 Å². The Kier molecular flexibility index (Phi) is 3.89. The number of aryl methyl sites for hydroxylation is 1. The lowest BCUT2D eigenvalue weighted by atomic mass is 10.1. The highest BCUT2D eigenvalue weighted by molar-refractivity contribution is 6.35. The Morgan fingerprint density at radius 2 is 2.14 bits per heavy atom. The zero-order valence-corrected chi connectivity index (χ0v) is 13.6. The average molecular weight is 340 g/mol. The Morgan fingerprint density at radius 1 is 1.41 bits per heavy atom. The van der Waals surface area contributed by atoms with E-state index < -0.39 is 12.1 Å². The molecule has 2 aromatic rings. The number of amides is 1. The lowest BCUT2D eigenvalue weighted by molar-refractivity contribution is 0.0492. The molecule has 7 heteroatoms. The molecule has 1 amide bonds. The van der Waals surface area contributed by atoms with Gasteiger partial charge in [-0.2, -0.15) is 5.10 Å². The first-order chi connectivity index (χ1) is 10.4. The maximum Gasteiger partial charge on any atom is 0.274 e. The molecule has 3 rings (SSSR count). The first kappa shape index (κ1) is 15.3. The van der Waals surface area contributed by atoms with Crippen LogP contribution < -0.4 is 0 Å². The smallest absolute Gasteiger partial charge is 0.274 e. The third-order valence-electron chi connectivity index (χ3n) is 3.95. The van der Waals surface area contributed by atoms with Crippen molar-refractivity contribution in [3.63, 3.8) is 0 Å². The summed E-state index contributed by atoms with van der Waals surface area (Å²) in [5, 5.41) is 18.1. The molecule has 0 fully saturated rings. The van der Waals surface area contributed by atoms with Gasteiger partial charge in [-0.25, -0.2) is 0 Å². The van der Waals surface area contributed by atoms with Crippen molar-refractivity contribution in [3.05, 3.63) is 50.8 Å². The summed E-state index contributed by atoms with van der Waals surface area (Å²) in [6.45, 7) is 1.82. The van der Waals surface area contributed by atoms with E-state index >= 15 is 0 Å². The van der Waals surface area contributed by atoms with Gasteiger partial charge in [-0.1, -0.05) is 23.2 Å². The number of aliphatic hydroxyl groups excluding tert-OH is 1. The number of hydrogen-bond acceptors (Lipinski definition) is 3. The summed E-state index contributed by atoms with van der Waals surface area (Å²) in [4.78, 5) is 14.0. The van der Waals surface area contributed by atoms with E-state index in [2.05, 4.69) is 10.2 Å². The monoisotopic (exact) mass is 339 g/mol. The van der Waals surface area contributed by atoms with E-state index in [1.54, 1.807) is 25.2 Å². The van der Waals surface area contributed by atoms with Gasteiger partial charge in [0.25, 0.3) is 5.91 Å². The zero-order chi connectivity index (χ0) is 16.0. The Hall–Kier alpha value is -1.56. The number of fused-ring (bicyclic) bond motifs is 1. The number of nitrogens with zero attached hydrogens (tertiary/aromatic N) is 2. The minimum Gasteiger partial charge on any atom is -0.390 e. The summed E-state index contributed by atoms with van der Waals surface area (Å²) < 4.78 is 0. The van der Waals surface area contributed by atoms with E-state index in [0.29, 0.717) is 22.2 Å². The van der Waals surface area contributed by atoms with Gasteiger partial charge in [-0.15, -0.1) is 0 Å². The molecular formula is C15H15Cl2N3O2. The molecule has 1 aromatic carbocycles. The first-order valence-corrected chi connectivity index (χ1v) is 7.59. The number of benzene rings is 1. The van der Waals surface area contributed by atoms with Gasteiger partial charge >= 0.3 is 0 Å². The molecule has 0 bridgehead atoms. The van der Waals surface area contributed by atoms with Gasteiger partial charge in [-0.05, 0) is 36.2 Å². The largest absolute Gasteiger partial charge is 0.390 e. The van der Waals surface area contributed by atoms with Crippen LogP contribution in [0.1, 0.15) is 33.4 Å². The van der Waals surface area contributed by atoms with Crippen LogP contribution in [0, 0.1) is 6.92 Å². The summed E-state index contributed by atoms with van der Waals surface area (Å²) in [6.07, 6.45) is -0.326. The number of aromatic nitrogens is 2. The molecule has 2 atom stereocenters. The predicted molar refractivity (Wildman–Crippen MR) is 84.3 cm³/mol. The van der Waals surface area contributed by atoms with Crippen LogP contribution in [0.15, 0.2) is 18.2 Å². The third-order valence-corrected chi connectivity index (χ3v) is 4.51. The second-order valence-electron chi connectivity index (χ2n) is 5.52. The fraction of sp³-hybridized carbons (Fsp3) is 0.333. The van der Waals surface area contributed by atoms with E-state index in [1.165, 1.54) is 4.90 Å². The quantitative estimate of drug-likeness (QED) is 0.883. The highest BCUT2D eigenvalue weighted by atomic mass is 35.5. The van der Waals surface area contributed by atoms with Gasteiger partial charge in [0.2, 0.25) is 0 Å². The summed E-state index contributed by atoms with van der Waals surface area (Å²) in [5.74, 6) is -0.266. The van der Waals surface area contributed by atoms with E-state index in [4.69, 9.17) is 23.2 Å². The number of H-pyrrole nitrogens is 1. The number of hydrogen-bond donors (Lipinski definition) is 2. The van der Waals surface area contributed by atoms with E-state index in [9.17, 15) is 9.90 Å². The van der Waals surface area contributed by atoms with E-state index in [-0.39, 0.29) is 5.91 Å². The molecule has 1 aromatic heterocycles. The number of halogens is 2. The summed E-state index contributed by atoms with van der Waals surface area (Å²) in [7, 11) is 1.64. The topological polar surface area (TPSA) is 69.2 Å². The molecule has 1 aliphatic rings. The zero-order valence-electron chi connectivity index (χ0n) is 12.1. The average Bonchev–Trinajstić information content (AvgIpc) is 3.01. The molecule has 0 saturated heterocycles. The van der Waals surface area contributed by atoms with Gasteiger partial charge < -0.3 is 10.0 Å². The van der Waals surface area contributed by atoms with Crippen molar-refractivity contribution in [3.8, 4) is 0 Å². The Balaban J connectivity index is 1.97. The molecule has 5 nitrogen and oxygen atoms in total. The van der Waals surface area contributed by atoms with Crippen LogP contribution in [0.25, 0.3) is 0 Å². The molecular weight excluding hydrogens is 325 g/mol. The van der Waals surface area contributed by atoms with Gasteiger partial charge in [0, 0.05) is 29.2 Å². The van der Waals surface area contributed by atoms with E-state index in [0.717, 1.165) is 16.8 Å². The van der Waals surface area contributed by atoms with Crippen molar-refractivity contribution < 1.29 is 9.90 Å². The molecule has 22 heavy (non-hydrogen) atoms.